The van der Waals surface area contributed by atoms with E-state index in [-0.39, 0.29) is 37.4 Å². The number of amides is 2. The summed E-state index contributed by atoms with van der Waals surface area (Å²) in [6.45, 7) is 5.11. The van der Waals surface area contributed by atoms with Crippen molar-refractivity contribution in [1.82, 2.24) is 9.80 Å². The van der Waals surface area contributed by atoms with Crippen LogP contribution in [0.15, 0.2) is 0 Å². The average Bonchev–Trinajstić information content (AvgIpc) is 2.95. The van der Waals surface area contributed by atoms with Gasteiger partial charge in [-0.25, -0.2) is 4.79 Å². The molecule has 1 fully saturated rings. The van der Waals surface area contributed by atoms with E-state index in [1.807, 2.05) is 13.8 Å². The number of rotatable bonds is 5. The predicted octanol–water partition coefficient (Wildman–Crippen LogP) is 0.0115. The molecule has 0 aromatic heterocycles. The summed E-state index contributed by atoms with van der Waals surface area (Å²) in [6.07, 6.45) is -0.0720. The number of carbonyl (C=O) groups excluding carboxylic acids is 4. The number of esters is 2. The van der Waals surface area contributed by atoms with Gasteiger partial charge in [-0.05, 0) is 5.92 Å². The van der Waals surface area contributed by atoms with Crippen LogP contribution in [0.5, 0.6) is 0 Å². The molecule has 0 radical (unpaired) electrons. The van der Waals surface area contributed by atoms with Gasteiger partial charge in [0.25, 0.3) is 0 Å². The summed E-state index contributed by atoms with van der Waals surface area (Å²) in [6, 6.07) is -0.852. The summed E-state index contributed by atoms with van der Waals surface area (Å²) in [7, 11) is 2.49. The molecule has 0 aromatic rings. The molecule has 8 nitrogen and oxygen atoms in total. The maximum Gasteiger partial charge on any atom is 0.330 e. The first kappa shape index (κ1) is 18.9. The minimum Gasteiger partial charge on any atom is -0.469 e. The lowest BCUT2D eigenvalue weighted by molar-refractivity contribution is -0.154. The van der Waals surface area contributed by atoms with Crippen molar-refractivity contribution in [2.45, 2.75) is 33.2 Å². The monoisotopic (exact) mass is 328 g/mol. The molecule has 0 aliphatic carbocycles. The second kappa shape index (κ2) is 7.94. The van der Waals surface area contributed by atoms with Gasteiger partial charge in [-0.3, -0.25) is 14.4 Å². The molecule has 0 N–H and O–H groups in total. The Hall–Kier alpha value is -2.12. The first-order valence-corrected chi connectivity index (χ1v) is 7.43. The highest BCUT2D eigenvalue weighted by atomic mass is 16.5. The van der Waals surface area contributed by atoms with Crippen LogP contribution in [0.4, 0.5) is 0 Å². The average molecular weight is 328 g/mol. The summed E-state index contributed by atoms with van der Waals surface area (Å²) >= 11 is 0. The molecule has 0 spiro atoms. The van der Waals surface area contributed by atoms with Gasteiger partial charge in [0.2, 0.25) is 11.8 Å². The second-order valence-corrected chi connectivity index (χ2v) is 5.86. The fourth-order valence-corrected chi connectivity index (χ4v) is 2.52. The van der Waals surface area contributed by atoms with Crippen molar-refractivity contribution in [2.75, 3.05) is 27.4 Å². The molecule has 1 saturated heterocycles. The van der Waals surface area contributed by atoms with Crippen LogP contribution < -0.4 is 0 Å². The van der Waals surface area contributed by atoms with E-state index in [0.717, 1.165) is 0 Å². The molecule has 8 heteroatoms. The van der Waals surface area contributed by atoms with E-state index in [9.17, 15) is 19.2 Å². The van der Waals surface area contributed by atoms with Gasteiger partial charge in [0, 0.05) is 6.92 Å². The molecule has 2 amide bonds. The van der Waals surface area contributed by atoms with Crippen molar-refractivity contribution in [3.63, 3.8) is 0 Å². The Morgan fingerprint density at radius 3 is 2.17 bits per heavy atom. The molecule has 1 heterocycles. The van der Waals surface area contributed by atoms with Crippen molar-refractivity contribution in [1.29, 1.82) is 0 Å². The lowest BCUT2D eigenvalue weighted by Gasteiger charge is -2.28. The zero-order valence-electron chi connectivity index (χ0n) is 14.2. The van der Waals surface area contributed by atoms with Gasteiger partial charge in [0.15, 0.2) is 0 Å². The summed E-state index contributed by atoms with van der Waals surface area (Å²) < 4.78 is 9.36. The summed E-state index contributed by atoms with van der Waals surface area (Å²) in [5, 5.41) is 0. The normalized spacial score (nSPS) is 18.8. The van der Waals surface area contributed by atoms with Crippen molar-refractivity contribution in [3.8, 4) is 0 Å². The number of nitrogens with zero attached hydrogens (tertiary/aromatic N) is 2. The Kier molecular flexibility index (Phi) is 6.53. The number of ether oxygens (including phenoxy) is 2. The molecule has 0 unspecified atom stereocenters. The smallest absolute Gasteiger partial charge is 0.330 e. The SMILES string of the molecule is COC(=O)C[C@H](C(=O)N1CN(C(C)=O)C[C@H]1C(=O)OC)C(C)C. The van der Waals surface area contributed by atoms with E-state index in [1.165, 1.54) is 30.9 Å². The molecule has 1 aliphatic rings. The highest BCUT2D eigenvalue weighted by molar-refractivity contribution is 5.90. The molecule has 1 rings (SSSR count). The maximum absolute atomic E-state index is 12.8. The number of hydrogen-bond donors (Lipinski definition) is 0. The fourth-order valence-electron chi connectivity index (χ4n) is 2.52. The van der Waals surface area contributed by atoms with Crippen molar-refractivity contribution < 1.29 is 28.7 Å². The zero-order chi connectivity index (χ0) is 17.7. The molecular formula is C15H24N2O6. The zero-order valence-corrected chi connectivity index (χ0v) is 14.2. The van der Waals surface area contributed by atoms with E-state index in [0.29, 0.717) is 0 Å². The lowest BCUT2D eigenvalue weighted by Crippen LogP contribution is -2.46. The highest BCUT2D eigenvalue weighted by Gasteiger charge is 2.43. The third-order valence-corrected chi connectivity index (χ3v) is 4.03. The molecule has 130 valence electrons. The Bertz CT molecular complexity index is 490. The van der Waals surface area contributed by atoms with Crippen LogP contribution in [0.3, 0.4) is 0 Å². The Labute approximate surface area is 135 Å². The third kappa shape index (κ3) is 4.43. The van der Waals surface area contributed by atoms with Crippen molar-refractivity contribution in [2.24, 2.45) is 11.8 Å². The standard InChI is InChI=1S/C15H24N2O6/c1-9(2)11(6-13(19)22-4)14(20)17-8-16(10(3)18)7-12(17)15(21)23-5/h9,11-12H,6-8H2,1-5H3/t11-,12-/m0/s1. The van der Waals surface area contributed by atoms with E-state index in [2.05, 4.69) is 4.74 Å². The topological polar surface area (TPSA) is 93.2 Å². The van der Waals surface area contributed by atoms with Crippen LogP contribution in [0.1, 0.15) is 27.2 Å². The van der Waals surface area contributed by atoms with Crippen LogP contribution in [0, 0.1) is 11.8 Å². The first-order valence-electron chi connectivity index (χ1n) is 7.43. The van der Waals surface area contributed by atoms with Gasteiger partial charge in [-0.15, -0.1) is 0 Å². The molecular weight excluding hydrogens is 304 g/mol. The number of carbonyl (C=O) groups is 4. The lowest BCUT2D eigenvalue weighted by atomic mass is 9.91. The first-order chi connectivity index (χ1) is 10.7. The number of hydrogen-bond acceptors (Lipinski definition) is 6. The van der Waals surface area contributed by atoms with Gasteiger partial charge >= 0.3 is 11.9 Å². The van der Waals surface area contributed by atoms with E-state index in [4.69, 9.17) is 4.74 Å². The summed E-state index contributed by atoms with van der Waals surface area (Å²) in [5.74, 6) is -2.41. The summed E-state index contributed by atoms with van der Waals surface area (Å²) in [5.41, 5.74) is 0. The van der Waals surface area contributed by atoms with E-state index in [1.54, 1.807) is 0 Å². The van der Waals surface area contributed by atoms with Crippen LogP contribution >= 0.6 is 0 Å². The predicted molar refractivity (Wildman–Crippen MR) is 79.9 cm³/mol. The number of methoxy groups -OCH3 is 2. The van der Waals surface area contributed by atoms with Gasteiger partial charge in [0.05, 0.1) is 39.8 Å². The fraction of sp³-hybridized carbons (Fsp3) is 0.733. The molecule has 0 saturated carbocycles. The molecule has 23 heavy (non-hydrogen) atoms. The minimum absolute atomic E-state index is 0.0122. The second-order valence-electron chi connectivity index (χ2n) is 5.86. The molecule has 2 atom stereocenters. The Morgan fingerprint density at radius 2 is 1.74 bits per heavy atom. The van der Waals surface area contributed by atoms with Crippen LogP contribution in [-0.2, 0) is 28.7 Å². The van der Waals surface area contributed by atoms with Gasteiger partial charge < -0.3 is 19.3 Å². The minimum atomic E-state index is -0.852. The van der Waals surface area contributed by atoms with Crippen LogP contribution in [-0.4, -0.2) is 67.0 Å². The molecule has 0 bridgehead atoms. The highest BCUT2D eigenvalue weighted by Crippen LogP contribution is 2.24. The Balaban J connectivity index is 3.01. The maximum atomic E-state index is 12.8. The third-order valence-electron chi connectivity index (χ3n) is 4.03. The van der Waals surface area contributed by atoms with Gasteiger partial charge in [-0.2, -0.15) is 0 Å². The van der Waals surface area contributed by atoms with E-state index >= 15 is 0 Å². The molecule has 1 aliphatic heterocycles. The quantitative estimate of drug-likeness (QED) is 0.660. The largest absolute Gasteiger partial charge is 0.469 e. The van der Waals surface area contributed by atoms with Crippen LogP contribution in [0.25, 0.3) is 0 Å². The van der Waals surface area contributed by atoms with Gasteiger partial charge in [-0.1, -0.05) is 13.8 Å². The van der Waals surface area contributed by atoms with Crippen LogP contribution in [0.2, 0.25) is 0 Å². The van der Waals surface area contributed by atoms with Crippen molar-refractivity contribution in [3.05, 3.63) is 0 Å². The Morgan fingerprint density at radius 1 is 1.13 bits per heavy atom. The van der Waals surface area contributed by atoms with E-state index < -0.39 is 23.9 Å². The molecule has 0 aromatic carbocycles. The van der Waals surface area contributed by atoms with Crippen molar-refractivity contribution >= 4 is 23.8 Å². The summed E-state index contributed by atoms with van der Waals surface area (Å²) in [4.78, 5) is 50.5. The van der Waals surface area contributed by atoms with Gasteiger partial charge in [0.1, 0.15) is 6.04 Å².